The molecular weight excluding hydrogens is 375 g/mol. The highest BCUT2D eigenvalue weighted by atomic mass is 19.4. The highest BCUT2D eigenvalue weighted by Crippen LogP contribution is 2.39. The van der Waals surface area contributed by atoms with Crippen LogP contribution < -0.4 is 5.32 Å². The van der Waals surface area contributed by atoms with Gasteiger partial charge in [0.1, 0.15) is 0 Å². The van der Waals surface area contributed by atoms with Crippen LogP contribution >= 0.6 is 0 Å². The highest BCUT2D eigenvalue weighted by Gasteiger charge is 2.39. The zero-order chi connectivity index (χ0) is 20.5. The van der Waals surface area contributed by atoms with Gasteiger partial charge in [-0.1, -0.05) is 30.3 Å². The van der Waals surface area contributed by atoms with Gasteiger partial charge in [0, 0.05) is 12.6 Å². The Labute approximate surface area is 158 Å². The predicted molar refractivity (Wildman–Crippen MR) is 94.0 cm³/mol. The number of hydrogen-bond donors (Lipinski definition) is 1. The first kappa shape index (κ1) is 19.5. The van der Waals surface area contributed by atoms with Gasteiger partial charge in [-0.25, -0.2) is 4.79 Å². The van der Waals surface area contributed by atoms with Crippen LogP contribution in [0.5, 0.6) is 0 Å². The standard InChI is InChI=1S/C20H16F3NO4/c1-24-18-15(16(25)17(28-18)11-6-4-3-5-7-11)12-8-13(19(26)27-2)10-14(9-12)20(21,22)23/h3-10,17,24H,1-2H3. The third-order valence-electron chi connectivity index (χ3n) is 4.25. The summed E-state index contributed by atoms with van der Waals surface area (Å²) in [7, 11) is 2.56. The molecule has 0 aromatic heterocycles. The Bertz CT molecular complexity index is 952. The van der Waals surface area contributed by atoms with Crippen LogP contribution in [0.3, 0.4) is 0 Å². The number of benzene rings is 2. The topological polar surface area (TPSA) is 64.6 Å². The molecule has 0 aliphatic carbocycles. The number of carbonyl (C=O) groups excluding carboxylic acids is 2. The number of nitrogens with one attached hydrogen (secondary N) is 1. The molecule has 2 aromatic rings. The van der Waals surface area contributed by atoms with Crippen LogP contribution in [0.1, 0.15) is 33.2 Å². The maximum Gasteiger partial charge on any atom is 0.416 e. The number of Topliss-reactive ketones (excluding diaryl/α,β-unsaturated/α-hetero) is 1. The van der Waals surface area contributed by atoms with Crippen LogP contribution in [0, 0.1) is 0 Å². The molecule has 0 saturated heterocycles. The van der Waals surface area contributed by atoms with Gasteiger partial charge >= 0.3 is 12.1 Å². The van der Waals surface area contributed by atoms with Crippen molar-refractivity contribution in [2.24, 2.45) is 0 Å². The minimum Gasteiger partial charge on any atom is -0.465 e. The van der Waals surface area contributed by atoms with E-state index < -0.39 is 29.6 Å². The van der Waals surface area contributed by atoms with E-state index >= 15 is 0 Å². The summed E-state index contributed by atoms with van der Waals surface area (Å²) in [5.74, 6) is -1.41. The number of carbonyl (C=O) groups is 2. The van der Waals surface area contributed by atoms with Crippen molar-refractivity contribution in [3.05, 3.63) is 76.7 Å². The normalized spacial score (nSPS) is 16.8. The molecule has 0 spiro atoms. The van der Waals surface area contributed by atoms with Crippen LogP contribution in [-0.4, -0.2) is 25.9 Å². The second-order valence-corrected chi connectivity index (χ2v) is 6.02. The largest absolute Gasteiger partial charge is 0.465 e. The number of hydrogen-bond acceptors (Lipinski definition) is 5. The number of halogens is 3. The van der Waals surface area contributed by atoms with E-state index in [2.05, 4.69) is 10.1 Å². The molecule has 0 amide bonds. The number of alkyl halides is 3. The lowest BCUT2D eigenvalue weighted by atomic mass is 9.94. The zero-order valence-electron chi connectivity index (χ0n) is 15.0. The molecule has 1 aliphatic rings. The third kappa shape index (κ3) is 3.58. The smallest absolute Gasteiger partial charge is 0.416 e. The average molecular weight is 391 g/mol. The third-order valence-corrected chi connectivity index (χ3v) is 4.25. The molecule has 146 valence electrons. The van der Waals surface area contributed by atoms with Crippen LogP contribution in [-0.2, 0) is 20.4 Å². The van der Waals surface area contributed by atoms with Gasteiger partial charge < -0.3 is 14.8 Å². The molecule has 8 heteroatoms. The molecule has 1 atom stereocenters. The second-order valence-electron chi connectivity index (χ2n) is 6.02. The molecule has 2 aromatic carbocycles. The van der Waals surface area contributed by atoms with Gasteiger partial charge in [0.05, 0.1) is 23.8 Å². The van der Waals surface area contributed by atoms with Crippen molar-refractivity contribution in [3.63, 3.8) is 0 Å². The number of methoxy groups -OCH3 is 1. The van der Waals surface area contributed by atoms with Crippen molar-refractivity contribution in [2.45, 2.75) is 12.3 Å². The fourth-order valence-electron chi connectivity index (χ4n) is 2.95. The Morgan fingerprint density at radius 3 is 2.39 bits per heavy atom. The molecule has 1 unspecified atom stereocenters. The maximum absolute atomic E-state index is 13.3. The average Bonchev–Trinajstić information content (AvgIpc) is 3.03. The van der Waals surface area contributed by atoms with E-state index in [1.54, 1.807) is 30.3 Å². The number of esters is 1. The summed E-state index contributed by atoms with van der Waals surface area (Å²) < 4.78 is 50.1. The Morgan fingerprint density at radius 2 is 1.82 bits per heavy atom. The van der Waals surface area contributed by atoms with E-state index in [0.717, 1.165) is 13.2 Å². The summed E-state index contributed by atoms with van der Waals surface area (Å²) in [6.45, 7) is 0. The minimum absolute atomic E-state index is 0.0361. The molecule has 0 radical (unpaired) electrons. The van der Waals surface area contributed by atoms with Gasteiger partial charge in [0.2, 0.25) is 5.78 Å². The van der Waals surface area contributed by atoms with Gasteiger partial charge in [-0.15, -0.1) is 0 Å². The summed E-state index contributed by atoms with van der Waals surface area (Å²) in [4.78, 5) is 24.8. The van der Waals surface area contributed by atoms with Gasteiger partial charge in [-0.2, -0.15) is 13.2 Å². The first-order chi connectivity index (χ1) is 13.3. The molecule has 0 bridgehead atoms. The van der Waals surface area contributed by atoms with E-state index in [4.69, 9.17) is 4.74 Å². The van der Waals surface area contributed by atoms with Gasteiger partial charge in [0.25, 0.3) is 0 Å². The molecule has 1 N–H and O–H groups in total. The van der Waals surface area contributed by atoms with Gasteiger partial charge in [0.15, 0.2) is 12.0 Å². The lowest BCUT2D eigenvalue weighted by Gasteiger charge is -2.12. The first-order valence-corrected chi connectivity index (χ1v) is 8.25. The Kier molecular flexibility index (Phi) is 5.13. The Balaban J connectivity index is 2.12. The van der Waals surface area contributed by atoms with Crippen molar-refractivity contribution in [3.8, 4) is 0 Å². The first-order valence-electron chi connectivity index (χ1n) is 8.25. The molecule has 5 nitrogen and oxygen atoms in total. The van der Waals surface area contributed by atoms with E-state index in [0.29, 0.717) is 11.6 Å². The quantitative estimate of drug-likeness (QED) is 0.805. The fraction of sp³-hybridized carbons (Fsp3) is 0.200. The van der Waals surface area contributed by atoms with E-state index in [1.165, 1.54) is 13.1 Å². The highest BCUT2D eigenvalue weighted by molar-refractivity contribution is 6.25. The van der Waals surface area contributed by atoms with Crippen molar-refractivity contribution in [1.82, 2.24) is 5.32 Å². The summed E-state index contributed by atoms with van der Waals surface area (Å²) in [5, 5.41) is 2.70. The summed E-state index contributed by atoms with van der Waals surface area (Å²) in [6, 6.07) is 11.3. The molecule has 3 rings (SSSR count). The summed E-state index contributed by atoms with van der Waals surface area (Å²) in [6.07, 6.45) is -5.70. The van der Waals surface area contributed by atoms with Crippen LogP contribution in [0.4, 0.5) is 13.2 Å². The maximum atomic E-state index is 13.3. The van der Waals surface area contributed by atoms with Crippen LogP contribution in [0.25, 0.3) is 5.57 Å². The van der Waals surface area contributed by atoms with Crippen LogP contribution in [0.2, 0.25) is 0 Å². The van der Waals surface area contributed by atoms with Gasteiger partial charge in [-0.05, 0) is 23.8 Å². The lowest BCUT2D eigenvalue weighted by Crippen LogP contribution is -2.13. The Morgan fingerprint density at radius 1 is 1.14 bits per heavy atom. The second kappa shape index (κ2) is 7.38. The van der Waals surface area contributed by atoms with E-state index in [-0.39, 0.29) is 22.6 Å². The molecular formula is C20H16F3NO4. The summed E-state index contributed by atoms with van der Waals surface area (Å²) >= 11 is 0. The van der Waals surface area contributed by atoms with E-state index in [1.807, 2.05) is 0 Å². The fourth-order valence-corrected chi connectivity index (χ4v) is 2.95. The van der Waals surface area contributed by atoms with Crippen molar-refractivity contribution in [2.75, 3.05) is 14.2 Å². The molecule has 0 fully saturated rings. The number of rotatable bonds is 4. The van der Waals surface area contributed by atoms with E-state index in [9.17, 15) is 22.8 Å². The Hall–Kier alpha value is -3.29. The molecule has 0 saturated carbocycles. The molecule has 1 heterocycles. The van der Waals surface area contributed by atoms with Crippen molar-refractivity contribution >= 4 is 17.3 Å². The van der Waals surface area contributed by atoms with Gasteiger partial charge in [-0.3, -0.25) is 4.79 Å². The number of ether oxygens (including phenoxy) is 2. The van der Waals surface area contributed by atoms with Crippen molar-refractivity contribution in [1.29, 1.82) is 0 Å². The number of ketones is 1. The summed E-state index contributed by atoms with van der Waals surface area (Å²) in [5.41, 5.74) is -0.957. The van der Waals surface area contributed by atoms with Crippen molar-refractivity contribution < 1.29 is 32.2 Å². The monoisotopic (exact) mass is 391 g/mol. The lowest BCUT2D eigenvalue weighted by molar-refractivity contribution is -0.137. The molecule has 28 heavy (non-hydrogen) atoms. The van der Waals surface area contributed by atoms with Crippen LogP contribution in [0.15, 0.2) is 54.4 Å². The zero-order valence-corrected chi connectivity index (χ0v) is 15.0. The SMILES string of the molecule is CNC1=C(c2cc(C(=O)OC)cc(C(F)(F)F)c2)C(=O)C(c2ccccc2)O1. The predicted octanol–water partition coefficient (Wildman–Crippen LogP) is 3.72. The minimum atomic E-state index is -4.71. The molecule has 1 aliphatic heterocycles.